The third-order valence-electron chi connectivity index (χ3n) is 3.11. The van der Waals surface area contributed by atoms with Gasteiger partial charge in [0.25, 0.3) is 0 Å². The first-order valence-corrected chi connectivity index (χ1v) is 6.42. The van der Waals surface area contributed by atoms with Crippen LogP contribution in [0.4, 0.5) is 5.69 Å². The monoisotopic (exact) mass is 269 g/mol. The molecule has 0 radical (unpaired) electrons. The summed E-state index contributed by atoms with van der Waals surface area (Å²) in [6.07, 6.45) is 3.25. The molecule has 2 N–H and O–H groups in total. The molecule has 6 nitrogen and oxygen atoms in total. The number of pyridine rings is 1. The third kappa shape index (κ3) is 2.16. The Morgan fingerprint density at radius 1 is 1.25 bits per heavy atom. The molecule has 0 aliphatic heterocycles. The Hall–Kier alpha value is -2.63. The van der Waals surface area contributed by atoms with Gasteiger partial charge >= 0.3 is 0 Å². The highest BCUT2D eigenvalue weighted by Gasteiger charge is 2.08. The van der Waals surface area contributed by atoms with E-state index in [9.17, 15) is 0 Å². The second kappa shape index (κ2) is 5.16. The number of hydrogen-bond donors (Lipinski definition) is 1. The molecule has 0 amide bonds. The number of nitrogens with two attached hydrogens (primary N) is 1. The molecule has 0 bridgehead atoms. The number of aromatic nitrogens is 4. The van der Waals surface area contributed by atoms with Crippen LogP contribution in [0.3, 0.4) is 0 Å². The molecule has 0 atom stereocenters. The summed E-state index contributed by atoms with van der Waals surface area (Å²) in [5.41, 5.74) is 7.31. The van der Waals surface area contributed by atoms with Gasteiger partial charge in [-0.1, -0.05) is 0 Å². The Kier molecular flexibility index (Phi) is 3.20. The predicted molar refractivity (Wildman–Crippen MR) is 76.2 cm³/mol. The first kappa shape index (κ1) is 12.4. The van der Waals surface area contributed by atoms with E-state index in [1.807, 2.05) is 25.1 Å². The normalized spacial score (nSPS) is 10.8. The van der Waals surface area contributed by atoms with Crippen molar-refractivity contribution in [3.63, 3.8) is 0 Å². The van der Waals surface area contributed by atoms with E-state index < -0.39 is 0 Å². The molecule has 0 saturated carbocycles. The lowest BCUT2D eigenvalue weighted by atomic mass is 10.2. The molecule has 2 aromatic heterocycles. The molecule has 6 heteroatoms. The highest BCUT2D eigenvalue weighted by molar-refractivity contribution is 5.93. The molecule has 0 aliphatic rings. The zero-order chi connectivity index (χ0) is 13.9. The summed E-state index contributed by atoms with van der Waals surface area (Å²) in [6.45, 7) is 3.14. The first-order valence-electron chi connectivity index (χ1n) is 6.42. The highest BCUT2D eigenvalue weighted by Crippen LogP contribution is 2.28. The van der Waals surface area contributed by atoms with Gasteiger partial charge in [-0.15, -0.1) is 0 Å². The van der Waals surface area contributed by atoms with Crippen LogP contribution in [0.5, 0.6) is 5.75 Å². The maximum Gasteiger partial charge on any atom is 0.164 e. The maximum absolute atomic E-state index is 5.92. The fourth-order valence-electron chi connectivity index (χ4n) is 2.10. The molecule has 0 spiro atoms. The fourth-order valence-corrected chi connectivity index (χ4v) is 2.10. The molecule has 102 valence electrons. The summed E-state index contributed by atoms with van der Waals surface area (Å²) >= 11 is 0. The van der Waals surface area contributed by atoms with Crippen LogP contribution in [0.2, 0.25) is 0 Å². The van der Waals surface area contributed by atoms with Gasteiger partial charge in [-0.2, -0.15) is 5.10 Å². The smallest absolute Gasteiger partial charge is 0.164 e. The Morgan fingerprint density at radius 3 is 3.00 bits per heavy atom. The molecule has 0 aliphatic carbocycles. The molecule has 3 rings (SSSR count). The number of anilines is 1. The van der Waals surface area contributed by atoms with Gasteiger partial charge in [0.1, 0.15) is 18.7 Å². The van der Waals surface area contributed by atoms with Crippen LogP contribution in [0.25, 0.3) is 10.9 Å². The molecule has 0 saturated heterocycles. The van der Waals surface area contributed by atoms with Crippen molar-refractivity contribution in [3.05, 3.63) is 42.6 Å². The van der Waals surface area contributed by atoms with Gasteiger partial charge < -0.3 is 10.5 Å². The minimum absolute atomic E-state index is 0.363. The van der Waals surface area contributed by atoms with E-state index in [1.54, 1.807) is 16.9 Å². The second-order valence-corrected chi connectivity index (χ2v) is 4.33. The van der Waals surface area contributed by atoms with Crippen molar-refractivity contribution in [1.82, 2.24) is 19.7 Å². The maximum atomic E-state index is 5.92. The molecule has 0 fully saturated rings. The second-order valence-electron chi connectivity index (χ2n) is 4.33. The van der Waals surface area contributed by atoms with Gasteiger partial charge in [0.15, 0.2) is 5.82 Å². The summed E-state index contributed by atoms with van der Waals surface area (Å²) in [4.78, 5) is 8.47. The van der Waals surface area contributed by atoms with Crippen LogP contribution >= 0.6 is 0 Å². The fraction of sp³-hybridized carbons (Fsp3) is 0.214. The van der Waals surface area contributed by atoms with Gasteiger partial charge in [0.2, 0.25) is 0 Å². The standard InChI is InChI=1S/C14H15N5O/c1-2-19-13(17-9-18-19)8-20-12-6-5-11(15)14-10(12)4-3-7-16-14/h3-7,9H,2,8,15H2,1H3. The van der Waals surface area contributed by atoms with Gasteiger partial charge in [-0.05, 0) is 31.2 Å². The Balaban J connectivity index is 1.90. The van der Waals surface area contributed by atoms with E-state index in [2.05, 4.69) is 15.1 Å². The van der Waals surface area contributed by atoms with Crippen molar-refractivity contribution in [2.45, 2.75) is 20.1 Å². The van der Waals surface area contributed by atoms with Crippen molar-refractivity contribution in [2.24, 2.45) is 0 Å². The number of nitrogens with zero attached hydrogens (tertiary/aromatic N) is 4. The summed E-state index contributed by atoms with van der Waals surface area (Å²) < 4.78 is 7.65. The summed E-state index contributed by atoms with van der Waals surface area (Å²) in [5.74, 6) is 1.54. The number of fused-ring (bicyclic) bond motifs is 1. The molecule has 0 unspecified atom stereocenters. The van der Waals surface area contributed by atoms with Crippen molar-refractivity contribution < 1.29 is 4.74 Å². The molecular formula is C14H15N5O. The topological polar surface area (TPSA) is 78.8 Å². The zero-order valence-corrected chi connectivity index (χ0v) is 11.2. The lowest BCUT2D eigenvalue weighted by Crippen LogP contribution is -2.07. The number of nitrogen functional groups attached to an aromatic ring is 1. The molecule has 1 aromatic carbocycles. The average molecular weight is 269 g/mol. The quantitative estimate of drug-likeness (QED) is 0.733. The lowest BCUT2D eigenvalue weighted by Gasteiger charge is -2.10. The van der Waals surface area contributed by atoms with Crippen molar-refractivity contribution in [2.75, 3.05) is 5.73 Å². The van der Waals surface area contributed by atoms with E-state index in [-0.39, 0.29) is 0 Å². The molecule has 3 aromatic rings. The average Bonchev–Trinajstić information content (AvgIpc) is 2.94. The SMILES string of the molecule is CCn1ncnc1COc1ccc(N)c2ncccc12. The largest absolute Gasteiger partial charge is 0.485 e. The first-order chi connectivity index (χ1) is 9.79. The number of benzene rings is 1. The van der Waals surface area contributed by atoms with Gasteiger partial charge in [-0.25, -0.2) is 9.67 Å². The van der Waals surface area contributed by atoms with Crippen LogP contribution in [0.15, 0.2) is 36.8 Å². The van der Waals surface area contributed by atoms with Crippen molar-refractivity contribution in [1.29, 1.82) is 0 Å². The van der Waals surface area contributed by atoms with E-state index in [1.165, 1.54) is 6.33 Å². The van der Waals surface area contributed by atoms with Gasteiger partial charge in [-0.3, -0.25) is 4.98 Å². The minimum atomic E-state index is 0.363. The van der Waals surface area contributed by atoms with Crippen LogP contribution < -0.4 is 10.5 Å². The van der Waals surface area contributed by atoms with E-state index >= 15 is 0 Å². The van der Waals surface area contributed by atoms with E-state index in [0.29, 0.717) is 12.3 Å². The van der Waals surface area contributed by atoms with Crippen molar-refractivity contribution >= 4 is 16.6 Å². The third-order valence-corrected chi connectivity index (χ3v) is 3.11. The zero-order valence-electron chi connectivity index (χ0n) is 11.2. The Morgan fingerprint density at radius 2 is 2.15 bits per heavy atom. The van der Waals surface area contributed by atoms with E-state index in [4.69, 9.17) is 10.5 Å². The molecular weight excluding hydrogens is 254 g/mol. The number of aryl methyl sites for hydroxylation is 1. The number of rotatable bonds is 4. The Labute approximate surface area is 116 Å². The Bertz CT molecular complexity index is 737. The van der Waals surface area contributed by atoms with Crippen LogP contribution in [-0.4, -0.2) is 19.7 Å². The number of hydrogen-bond acceptors (Lipinski definition) is 5. The van der Waals surface area contributed by atoms with Gasteiger partial charge in [0.05, 0.1) is 11.2 Å². The summed E-state index contributed by atoms with van der Waals surface area (Å²) in [6, 6.07) is 7.46. The van der Waals surface area contributed by atoms with Crippen molar-refractivity contribution in [3.8, 4) is 5.75 Å². The highest BCUT2D eigenvalue weighted by atomic mass is 16.5. The molecule has 2 heterocycles. The van der Waals surface area contributed by atoms with Crippen LogP contribution in [-0.2, 0) is 13.2 Å². The number of ether oxygens (including phenoxy) is 1. The van der Waals surface area contributed by atoms with E-state index in [0.717, 1.165) is 29.0 Å². The van der Waals surface area contributed by atoms with Crippen LogP contribution in [0, 0.1) is 0 Å². The predicted octanol–water partition coefficient (Wildman–Crippen LogP) is 2.01. The lowest BCUT2D eigenvalue weighted by molar-refractivity contribution is 0.290. The molecule has 20 heavy (non-hydrogen) atoms. The minimum Gasteiger partial charge on any atom is -0.485 e. The van der Waals surface area contributed by atoms with Gasteiger partial charge in [0, 0.05) is 18.1 Å². The van der Waals surface area contributed by atoms with Crippen LogP contribution in [0.1, 0.15) is 12.7 Å². The summed E-state index contributed by atoms with van der Waals surface area (Å²) in [5, 5.41) is 5.01. The summed E-state index contributed by atoms with van der Waals surface area (Å²) in [7, 11) is 0.